The molecule has 0 saturated carbocycles. The SMILES string of the molecule is CCC1CCCN(c2nc3sccn3c2CNC(C)C)C1. The van der Waals surface area contributed by atoms with Crippen molar-refractivity contribution in [2.75, 3.05) is 18.0 Å². The molecule has 0 spiro atoms. The minimum Gasteiger partial charge on any atom is -0.355 e. The Labute approximate surface area is 131 Å². The fourth-order valence-corrected chi connectivity index (χ4v) is 3.86. The topological polar surface area (TPSA) is 32.6 Å². The summed E-state index contributed by atoms with van der Waals surface area (Å²) in [6.07, 6.45) is 6.09. The third kappa shape index (κ3) is 3.09. The second-order valence-corrected chi connectivity index (χ2v) is 7.21. The van der Waals surface area contributed by atoms with Crippen LogP contribution in [0.3, 0.4) is 0 Å². The van der Waals surface area contributed by atoms with Crippen LogP contribution in [-0.4, -0.2) is 28.5 Å². The molecule has 1 N–H and O–H groups in total. The first-order chi connectivity index (χ1) is 10.2. The van der Waals surface area contributed by atoms with Crippen LogP contribution in [0, 0.1) is 5.92 Å². The smallest absolute Gasteiger partial charge is 0.195 e. The highest BCUT2D eigenvalue weighted by Gasteiger charge is 2.24. The first-order valence-electron chi connectivity index (χ1n) is 8.11. The number of nitrogens with zero attached hydrogens (tertiary/aromatic N) is 3. The number of anilines is 1. The lowest BCUT2D eigenvalue weighted by Crippen LogP contribution is -2.36. The van der Waals surface area contributed by atoms with Crippen molar-refractivity contribution in [3.8, 4) is 0 Å². The lowest BCUT2D eigenvalue weighted by Gasteiger charge is -2.33. The molecule has 1 saturated heterocycles. The van der Waals surface area contributed by atoms with Crippen LogP contribution in [0.15, 0.2) is 11.6 Å². The van der Waals surface area contributed by atoms with E-state index in [0.29, 0.717) is 6.04 Å². The zero-order valence-electron chi connectivity index (χ0n) is 13.3. The third-order valence-electron chi connectivity index (χ3n) is 4.41. The Morgan fingerprint density at radius 3 is 3.10 bits per heavy atom. The normalized spacial score (nSPS) is 19.8. The standard InChI is InChI=1S/C16H26N4S/c1-4-13-6-5-7-19(11-13)15-14(10-17-12(2)3)20-8-9-21-16(20)18-15/h8-9,12-13,17H,4-7,10-11H2,1-3H3. The van der Waals surface area contributed by atoms with Gasteiger partial charge in [-0.15, -0.1) is 11.3 Å². The van der Waals surface area contributed by atoms with Crippen LogP contribution < -0.4 is 10.2 Å². The number of piperidine rings is 1. The van der Waals surface area contributed by atoms with Gasteiger partial charge < -0.3 is 10.2 Å². The van der Waals surface area contributed by atoms with Gasteiger partial charge in [0, 0.05) is 37.3 Å². The minimum atomic E-state index is 0.492. The maximum Gasteiger partial charge on any atom is 0.195 e. The average Bonchev–Trinajstić information content (AvgIpc) is 3.06. The summed E-state index contributed by atoms with van der Waals surface area (Å²) in [5, 5.41) is 5.67. The predicted octanol–water partition coefficient (Wildman–Crippen LogP) is 3.52. The summed E-state index contributed by atoms with van der Waals surface area (Å²) < 4.78 is 2.25. The second kappa shape index (κ2) is 6.36. The lowest BCUT2D eigenvalue weighted by atomic mass is 9.95. The van der Waals surface area contributed by atoms with Crippen LogP contribution in [0.5, 0.6) is 0 Å². The number of aromatic nitrogens is 2. The van der Waals surface area contributed by atoms with E-state index in [0.717, 1.165) is 30.5 Å². The van der Waals surface area contributed by atoms with Crippen LogP contribution >= 0.6 is 11.3 Å². The Morgan fingerprint density at radius 2 is 2.33 bits per heavy atom. The molecule has 1 atom stereocenters. The largest absolute Gasteiger partial charge is 0.355 e. The van der Waals surface area contributed by atoms with Gasteiger partial charge >= 0.3 is 0 Å². The molecule has 0 aliphatic carbocycles. The van der Waals surface area contributed by atoms with Crippen molar-refractivity contribution in [2.45, 2.75) is 52.6 Å². The van der Waals surface area contributed by atoms with Crippen molar-refractivity contribution in [3.63, 3.8) is 0 Å². The van der Waals surface area contributed by atoms with Crippen molar-refractivity contribution >= 4 is 22.1 Å². The van der Waals surface area contributed by atoms with Crippen LogP contribution in [0.2, 0.25) is 0 Å². The van der Waals surface area contributed by atoms with Gasteiger partial charge in [-0.3, -0.25) is 4.40 Å². The molecule has 116 valence electrons. The van der Waals surface area contributed by atoms with Gasteiger partial charge in [-0.1, -0.05) is 27.2 Å². The van der Waals surface area contributed by atoms with Gasteiger partial charge in [-0.2, -0.15) is 0 Å². The Hall–Kier alpha value is -1.07. The number of rotatable bonds is 5. The van der Waals surface area contributed by atoms with E-state index in [-0.39, 0.29) is 0 Å². The molecular weight excluding hydrogens is 280 g/mol. The minimum absolute atomic E-state index is 0.492. The molecule has 3 heterocycles. The maximum atomic E-state index is 4.91. The summed E-state index contributed by atoms with van der Waals surface area (Å²) in [6.45, 7) is 9.89. The zero-order valence-corrected chi connectivity index (χ0v) is 14.1. The Balaban J connectivity index is 1.89. The molecule has 1 unspecified atom stereocenters. The van der Waals surface area contributed by atoms with Crippen LogP contribution in [0.4, 0.5) is 5.82 Å². The Morgan fingerprint density at radius 1 is 1.48 bits per heavy atom. The van der Waals surface area contributed by atoms with Crippen molar-refractivity contribution in [3.05, 3.63) is 17.3 Å². The lowest BCUT2D eigenvalue weighted by molar-refractivity contribution is 0.402. The Kier molecular flexibility index (Phi) is 4.50. The van der Waals surface area contributed by atoms with Crippen LogP contribution in [0.25, 0.3) is 4.96 Å². The molecule has 1 fully saturated rings. The molecule has 4 nitrogen and oxygen atoms in total. The highest BCUT2D eigenvalue weighted by Crippen LogP contribution is 2.29. The summed E-state index contributed by atoms with van der Waals surface area (Å²) in [6, 6.07) is 0.492. The zero-order chi connectivity index (χ0) is 14.8. The van der Waals surface area contributed by atoms with E-state index in [1.54, 1.807) is 11.3 Å². The molecule has 0 amide bonds. The summed E-state index contributed by atoms with van der Waals surface area (Å²) in [5.41, 5.74) is 1.32. The monoisotopic (exact) mass is 306 g/mol. The molecule has 0 radical (unpaired) electrons. The first kappa shape index (κ1) is 14.9. The van der Waals surface area contributed by atoms with E-state index in [2.05, 4.69) is 47.0 Å². The van der Waals surface area contributed by atoms with Gasteiger partial charge in [0.15, 0.2) is 10.8 Å². The van der Waals surface area contributed by atoms with Gasteiger partial charge in [-0.25, -0.2) is 4.98 Å². The van der Waals surface area contributed by atoms with Gasteiger partial charge in [0.2, 0.25) is 0 Å². The number of hydrogen-bond acceptors (Lipinski definition) is 4. The van der Waals surface area contributed by atoms with Gasteiger partial charge in [0.1, 0.15) is 0 Å². The highest BCUT2D eigenvalue weighted by molar-refractivity contribution is 7.15. The summed E-state index contributed by atoms with van der Waals surface area (Å²) in [7, 11) is 0. The molecule has 0 bridgehead atoms. The molecule has 1 aliphatic heterocycles. The van der Waals surface area contributed by atoms with Crippen molar-refractivity contribution in [1.82, 2.24) is 14.7 Å². The summed E-state index contributed by atoms with van der Waals surface area (Å²) in [4.78, 5) is 8.53. The van der Waals surface area contributed by atoms with Crippen LogP contribution in [0.1, 0.15) is 45.7 Å². The number of nitrogens with one attached hydrogen (secondary N) is 1. The van der Waals surface area contributed by atoms with Gasteiger partial charge in [-0.05, 0) is 18.8 Å². The first-order valence-corrected chi connectivity index (χ1v) is 8.99. The van der Waals surface area contributed by atoms with Crippen molar-refractivity contribution in [2.24, 2.45) is 5.92 Å². The second-order valence-electron chi connectivity index (χ2n) is 6.34. The van der Waals surface area contributed by atoms with E-state index >= 15 is 0 Å². The fraction of sp³-hybridized carbons (Fsp3) is 0.688. The third-order valence-corrected chi connectivity index (χ3v) is 5.17. The average molecular weight is 306 g/mol. The fourth-order valence-electron chi connectivity index (χ4n) is 3.13. The molecule has 0 aromatic carbocycles. The number of thiazole rings is 1. The van der Waals surface area contributed by atoms with E-state index in [9.17, 15) is 0 Å². The predicted molar refractivity (Wildman–Crippen MR) is 90.3 cm³/mol. The molecule has 2 aromatic heterocycles. The summed E-state index contributed by atoms with van der Waals surface area (Å²) in [5.74, 6) is 2.03. The quantitative estimate of drug-likeness (QED) is 0.917. The molecule has 3 rings (SSSR count). The molecule has 21 heavy (non-hydrogen) atoms. The molecular formula is C16H26N4S. The Bertz CT molecular complexity index is 586. The number of hydrogen-bond donors (Lipinski definition) is 1. The van der Waals surface area contributed by atoms with Gasteiger partial charge in [0.25, 0.3) is 0 Å². The van der Waals surface area contributed by atoms with Crippen LogP contribution in [-0.2, 0) is 6.54 Å². The van der Waals surface area contributed by atoms with Gasteiger partial charge in [0.05, 0.1) is 5.69 Å². The molecule has 2 aromatic rings. The number of fused-ring (bicyclic) bond motifs is 1. The highest BCUT2D eigenvalue weighted by atomic mass is 32.1. The van der Waals surface area contributed by atoms with E-state index in [1.807, 2.05) is 0 Å². The molecule has 1 aliphatic rings. The van der Waals surface area contributed by atoms with E-state index in [1.165, 1.54) is 30.8 Å². The number of imidazole rings is 1. The summed E-state index contributed by atoms with van der Waals surface area (Å²) >= 11 is 1.72. The van der Waals surface area contributed by atoms with E-state index < -0.39 is 0 Å². The molecule has 5 heteroatoms. The van der Waals surface area contributed by atoms with Crippen molar-refractivity contribution < 1.29 is 0 Å². The van der Waals surface area contributed by atoms with Crippen molar-refractivity contribution in [1.29, 1.82) is 0 Å². The van der Waals surface area contributed by atoms with E-state index in [4.69, 9.17) is 4.98 Å². The maximum absolute atomic E-state index is 4.91.